The van der Waals surface area contributed by atoms with Crippen LogP contribution in [0.3, 0.4) is 0 Å². The maximum absolute atomic E-state index is 12.7. The highest BCUT2D eigenvalue weighted by Crippen LogP contribution is 2.31. The number of nitrogens with zero attached hydrogens (tertiary/aromatic N) is 2. The Morgan fingerprint density at radius 2 is 1.69 bits per heavy atom. The molecule has 2 aromatic carbocycles. The minimum absolute atomic E-state index is 0.0126. The number of anilines is 1. The van der Waals surface area contributed by atoms with Crippen LogP contribution in [0.2, 0.25) is 0 Å². The summed E-state index contributed by atoms with van der Waals surface area (Å²) in [7, 11) is -1.57. The number of amides is 1. The summed E-state index contributed by atoms with van der Waals surface area (Å²) in [6.45, 7) is 4.58. The van der Waals surface area contributed by atoms with Crippen LogP contribution in [0.15, 0.2) is 54.6 Å². The molecule has 1 fully saturated rings. The summed E-state index contributed by atoms with van der Waals surface area (Å²) < 4.78 is 42.3. The summed E-state index contributed by atoms with van der Waals surface area (Å²) in [5.41, 5.74) is 1.46. The summed E-state index contributed by atoms with van der Waals surface area (Å²) in [4.78, 5) is 12.7. The van der Waals surface area contributed by atoms with Gasteiger partial charge in [0.1, 0.15) is 23.1 Å². The van der Waals surface area contributed by atoms with Gasteiger partial charge in [0.05, 0.1) is 37.0 Å². The van der Waals surface area contributed by atoms with Crippen molar-refractivity contribution < 1.29 is 27.4 Å². The van der Waals surface area contributed by atoms with E-state index in [9.17, 15) is 13.2 Å². The van der Waals surface area contributed by atoms with Gasteiger partial charge in [-0.25, -0.2) is 13.1 Å². The monoisotopic (exact) mass is 513 g/mol. The zero-order valence-corrected chi connectivity index (χ0v) is 21.5. The highest BCUT2D eigenvalue weighted by atomic mass is 32.2. The van der Waals surface area contributed by atoms with Crippen molar-refractivity contribution >= 4 is 21.6 Å². The number of aromatic nitrogens is 2. The number of nitrogens with one attached hydrogen (secondary N) is 1. The Bertz CT molecular complexity index is 1280. The van der Waals surface area contributed by atoms with E-state index in [0.29, 0.717) is 42.0 Å². The average Bonchev–Trinajstić information content (AvgIpc) is 3.44. The quantitative estimate of drug-likeness (QED) is 0.437. The zero-order valence-electron chi connectivity index (χ0n) is 20.6. The maximum atomic E-state index is 12.7. The van der Waals surface area contributed by atoms with Crippen LogP contribution >= 0.6 is 0 Å². The van der Waals surface area contributed by atoms with Crippen LogP contribution in [0.1, 0.15) is 26.3 Å². The summed E-state index contributed by atoms with van der Waals surface area (Å²) in [6.07, 6.45) is 0.441. The molecule has 4 rings (SSSR count). The molecule has 10 heteroatoms. The molecule has 1 atom stereocenters. The van der Waals surface area contributed by atoms with Crippen molar-refractivity contribution in [1.29, 1.82) is 0 Å². The molecule has 1 N–H and O–H groups in total. The predicted octanol–water partition coefficient (Wildman–Crippen LogP) is 3.97. The molecule has 0 bridgehead atoms. The number of carbonyl (C=O) groups excluding carboxylic acids is 1. The molecule has 0 aliphatic carbocycles. The van der Waals surface area contributed by atoms with Crippen molar-refractivity contribution in [3.63, 3.8) is 0 Å². The van der Waals surface area contributed by atoms with Crippen LogP contribution in [0.5, 0.6) is 17.2 Å². The van der Waals surface area contributed by atoms with Crippen molar-refractivity contribution in [1.82, 2.24) is 9.78 Å². The Labute approximate surface area is 211 Å². The largest absolute Gasteiger partial charge is 0.497 e. The average molecular weight is 514 g/mol. The van der Waals surface area contributed by atoms with Crippen molar-refractivity contribution in [3.05, 3.63) is 54.6 Å². The molecule has 0 spiro atoms. The highest BCUT2D eigenvalue weighted by molar-refractivity contribution is 7.91. The minimum atomic E-state index is -3.14. The molecule has 3 aromatic rings. The molecule has 1 amide bonds. The van der Waals surface area contributed by atoms with Gasteiger partial charge in [0.2, 0.25) is 0 Å². The van der Waals surface area contributed by atoms with Gasteiger partial charge in [0, 0.05) is 11.6 Å². The second-order valence-electron chi connectivity index (χ2n) is 9.16. The molecule has 0 radical (unpaired) electrons. The van der Waals surface area contributed by atoms with E-state index in [2.05, 4.69) is 24.3 Å². The van der Waals surface area contributed by atoms with Crippen molar-refractivity contribution in [2.24, 2.45) is 5.92 Å². The fraction of sp³-hybridized carbons (Fsp3) is 0.385. The maximum Gasteiger partial charge on any atom is 0.263 e. The molecule has 0 saturated carbocycles. The van der Waals surface area contributed by atoms with E-state index in [1.807, 2.05) is 24.3 Å². The summed E-state index contributed by atoms with van der Waals surface area (Å²) in [5, 5.41) is 7.50. The predicted molar refractivity (Wildman–Crippen MR) is 137 cm³/mol. The lowest BCUT2D eigenvalue weighted by atomic mass is 10.1. The van der Waals surface area contributed by atoms with Gasteiger partial charge in [-0.1, -0.05) is 13.8 Å². The zero-order chi connectivity index (χ0) is 25.7. The van der Waals surface area contributed by atoms with Gasteiger partial charge in [-0.3, -0.25) is 4.79 Å². The van der Waals surface area contributed by atoms with Gasteiger partial charge in [-0.05, 0) is 60.9 Å². The van der Waals surface area contributed by atoms with Gasteiger partial charge in [0.15, 0.2) is 16.4 Å². The molecule has 1 aliphatic heterocycles. The number of hydrogen-bond donors (Lipinski definition) is 1. The SMILES string of the molecule is COc1ccc(OCC(=O)Nc2cc(-c3ccc(OCC(C)C)cc3)nn2[C@@H]2CCS(=O)(=O)C2)cc1. The van der Waals surface area contributed by atoms with E-state index >= 15 is 0 Å². The minimum Gasteiger partial charge on any atom is -0.497 e. The number of hydrogen-bond acceptors (Lipinski definition) is 7. The molecule has 9 nitrogen and oxygen atoms in total. The molecule has 1 aliphatic rings. The number of ether oxygens (including phenoxy) is 3. The van der Waals surface area contributed by atoms with Gasteiger partial charge in [0.25, 0.3) is 5.91 Å². The molecule has 1 saturated heterocycles. The number of methoxy groups -OCH3 is 1. The first kappa shape index (κ1) is 25.6. The van der Waals surface area contributed by atoms with Gasteiger partial charge >= 0.3 is 0 Å². The molecule has 2 heterocycles. The third-order valence-corrected chi connectivity index (χ3v) is 7.47. The van der Waals surface area contributed by atoms with Gasteiger partial charge < -0.3 is 19.5 Å². The molecule has 0 unspecified atom stereocenters. The van der Waals surface area contributed by atoms with E-state index in [0.717, 1.165) is 11.3 Å². The van der Waals surface area contributed by atoms with Crippen LogP contribution < -0.4 is 19.5 Å². The molecule has 192 valence electrons. The highest BCUT2D eigenvalue weighted by Gasteiger charge is 2.32. The number of sulfone groups is 1. The summed E-state index contributed by atoms with van der Waals surface area (Å²) >= 11 is 0. The van der Waals surface area contributed by atoms with Crippen molar-refractivity contribution in [3.8, 4) is 28.5 Å². The smallest absolute Gasteiger partial charge is 0.263 e. The van der Waals surface area contributed by atoms with Crippen LogP contribution in [0.25, 0.3) is 11.3 Å². The normalized spacial score (nSPS) is 16.6. The van der Waals surface area contributed by atoms with Crippen molar-refractivity contribution in [2.45, 2.75) is 26.3 Å². The summed E-state index contributed by atoms with van der Waals surface area (Å²) in [6, 6.07) is 15.9. The Morgan fingerprint density at radius 1 is 1.06 bits per heavy atom. The van der Waals surface area contributed by atoms with E-state index in [-0.39, 0.29) is 30.1 Å². The molecule has 36 heavy (non-hydrogen) atoms. The Morgan fingerprint density at radius 3 is 2.31 bits per heavy atom. The van der Waals surface area contributed by atoms with Gasteiger partial charge in [-0.2, -0.15) is 5.10 Å². The first-order valence-electron chi connectivity index (χ1n) is 11.8. The fourth-order valence-corrected chi connectivity index (χ4v) is 5.55. The van der Waals surface area contributed by atoms with E-state index in [1.165, 1.54) is 0 Å². The number of rotatable bonds is 10. The summed E-state index contributed by atoms with van der Waals surface area (Å²) in [5.74, 6) is 2.54. The van der Waals surface area contributed by atoms with E-state index < -0.39 is 9.84 Å². The van der Waals surface area contributed by atoms with Crippen LogP contribution in [-0.4, -0.2) is 55.9 Å². The number of carbonyl (C=O) groups is 1. The first-order chi connectivity index (χ1) is 17.2. The lowest BCUT2D eigenvalue weighted by Gasteiger charge is -2.14. The first-order valence-corrected chi connectivity index (χ1v) is 13.6. The lowest BCUT2D eigenvalue weighted by Crippen LogP contribution is -2.23. The van der Waals surface area contributed by atoms with Crippen LogP contribution in [0, 0.1) is 5.92 Å². The second kappa shape index (κ2) is 11.0. The molecule has 1 aromatic heterocycles. The van der Waals surface area contributed by atoms with Crippen molar-refractivity contribution in [2.75, 3.05) is 37.1 Å². The lowest BCUT2D eigenvalue weighted by molar-refractivity contribution is -0.118. The Hall–Kier alpha value is -3.53. The number of benzene rings is 2. The fourth-order valence-electron chi connectivity index (χ4n) is 3.86. The standard InChI is InChI=1S/C26H31N3O6S/c1-18(2)15-34-22-6-4-19(5-7-22)24-14-25(29(28-24)20-12-13-36(31,32)17-20)27-26(30)16-35-23-10-8-21(33-3)9-11-23/h4-11,14,18,20H,12-13,15-17H2,1-3H3,(H,27,30)/t20-/m1/s1. The third-order valence-electron chi connectivity index (χ3n) is 5.72. The topological polar surface area (TPSA) is 109 Å². The van der Waals surface area contributed by atoms with E-state index in [1.54, 1.807) is 42.1 Å². The van der Waals surface area contributed by atoms with Crippen LogP contribution in [-0.2, 0) is 14.6 Å². The third kappa shape index (κ3) is 6.57. The Balaban J connectivity index is 1.50. The Kier molecular flexibility index (Phi) is 7.83. The van der Waals surface area contributed by atoms with Gasteiger partial charge in [-0.15, -0.1) is 0 Å². The van der Waals surface area contributed by atoms with E-state index in [4.69, 9.17) is 14.2 Å². The molecular weight excluding hydrogens is 482 g/mol. The van der Waals surface area contributed by atoms with Crippen LogP contribution in [0.4, 0.5) is 5.82 Å². The second-order valence-corrected chi connectivity index (χ2v) is 11.4. The molecular formula is C26H31N3O6S.